The zero-order valence-electron chi connectivity index (χ0n) is 13.0. The van der Waals surface area contributed by atoms with Crippen molar-refractivity contribution in [1.29, 1.82) is 0 Å². The molecule has 1 aromatic carbocycles. The molecule has 2 atom stereocenters. The zero-order valence-corrected chi connectivity index (χ0v) is 14.6. The zero-order chi connectivity index (χ0) is 16.1. The molecule has 0 saturated heterocycles. The minimum absolute atomic E-state index is 0.0435. The van der Waals surface area contributed by atoms with Gasteiger partial charge in [-0.15, -0.1) is 0 Å². The van der Waals surface area contributed by atoms with E-state index in [1.807, 2.05) is 32.3 Å². The molecule has 1 aromatic heterocycles. The smallest absolute Gasteiger partial charge is 0.242 e. The van der Waals surface area contributed by atoms with E-state index in [4.69, 9.17) is 0 Å². The Bertz CT molecular complexity index is 641. The van der Waals surface area contributed by atoms with Crippen LogP contribution in [0.2, 0.25) is 0 Å². The van der Waals surface area contributed by atoms with Gasteiger partial charge in [0, 0.05) is 29.3 Å². The van der Waals surface area contributed by atoms with Crippen LogP contribution < -0.4 is 10.6 Å². The molecular formula is C16H21BrN4O. The first-order valence-corrected chi connectivity index (χ1v) is 7.99. The number of amides is 1. The number of carbonyl (C=O) groups is 1. The summed E-state index contributed by atoms with van der Waals surface area (Å²) in [7, 11) is 3.61. The molecule has 1 amide bonds. The van der Waals surface area contributed by atoms with Gasteiger partial charge in [-0.25, -0.2) is 0 Å². The quantitative estimate of drug-likeness (QED) is 0.825. The third-order valence-electron chi connectivity index (χ3n) is 3.43. The van der Waals surface area contributed by atoms with E-state index in [1.165, 1.54) is 5.56 Å². The average molecular weight is 365 g/mol. The fraction of sp³-hybridized carbons (Fsp3) is 0.375. The predicted molar refractivity (Wildman–Crippen MR) is 90.5 cm³/mol. The molecule has 2 unspecified atom stereocenters. The fourth-order valence-electron chi connectivity index (χ4n) is 2.43. The maximum absolute atomic E-state index is 12.4. The summed E-state index contributed by atoms with van der Waals surface area (Å²) in [6, 6.07) is 7.78. The lowest BCUT2D eigenvalue weighted by molar-refractivity contribution is -0.123. The van der Waals surface area contributed by atoms with Crippen LogP contribution in [0.4, 0.5) is 0 Å². The number of nitrogens with zero attached hydrogens (tertiary/aromatic N) is 2. The van der Waals surface area contributed by atoms with E-state index in [9.17, 15) is 4.79 Å². The van der Waals surface area contributed by atoms with E-state index in [0.29, 0.717) is 0 Å². The minimum Gasteiger partial charge on any atom is -0.352 e. The highest BCUT2D eigenvalue weighted by Crippen LogP contribution is 2.14. The van der Waals surface area contributed by atoms with Crippen molar-refractivity contribution in [2.75, 3.05) is 7.05 Å². The maximum Gasteiger partial charge on any atom is 0.242 e. The molecule has 118 valence electrons. The molecule has 22 heavy (non-hydrogen) atoms. The van der Waals surface area contributed by atoms with Crippen molar-refractivity contribution >= 4 is 21.8 Å². The summed E-state index contributed by atoms with van der Waals surface area (Å²) < 4.78 is 2.74. The Kier molecular flexibility index (Phi) is 5.74. The lowest BCUT2D eigenvalue weighted by Crippen LogP contribution is -2.41. The van der Waals surface area contributed by atoms with Crippen LogP contribution in [-0.4, -0.2) is 28.8 Å². The highest BCUT2D eigenvalue weighted by atomic mass is 79.9. The number of nitrogens with one attached hydrogen (secondary N) is 2. The van der Waals surface area contributed by atoms with Crippen LogP contribution in [-0.2, 0) is 18.3 Å². The van der Waals surface area contributed by atoms with Gasteiger partial charge in [0.25, 0.3) is 0 Å². The Morgan fingerprint density at radius 1 is 1.45 bits per heavy atom. The van der Waals surface area contributed by atoms with Crippen LogP contribution in [0.15, 0.2) is 41.1 Å². The number of hydrogen-bond donors (Lipinski definition) is 2. The third kappa shape index (κ3) is 4.42. The van der Waals surface area contributed by atoms with E-state index in [2.05, 4.69) is 43.8 Å². The van der Waals surface area contributed by atoms with Gasteiger partial charge >= 0.3 is 0 Å². The standard InChI is InChI=1S/C16H21BrN4O/c1-11(7-12-5-4-6-14(17)8-12)20-16(22)15(18-2)13-9-19-21(3)10-13/h4-6,8-11,15,18H,7H2,1-3H3,(H,20,22). The largest absolute Gasteiger partial charge is 0.352 e. The fourth-order valence-corrected chi connectivity index (χ4v) is 2.88. The van der Waals surface area contributed by atoms with Crippen molar-refractivity contribution in [2.45, 2.75) is 25.4 Å². The van der Waals surface area contributed by atoms with Crippen LogP contribution in [0.1, 0.15) is 24.1 Å². The normalized spacial score (nSPS) is 13.6. The summed E-state index contributed by atoms with van der Waals surface area (Å²) >= 11 is 3.46. The molecule has 1 heterocycles. The van der Waals surface area contributed by atoms with Crippen molar-refractivity contribution in [3.63, 3.8) is 0 Å². The number of hydrogen-bond acceptors (Lipinski definition) is 3. The highest BCUT2D eigenvalue weighted by molar-refractivity contribution is 9.10. The van der Waals surface area contributed by atoms with Crippen molar-refractivity contribution in [3.05, 3.63) is 52.3 Å². The number of aromatic nitrogens is 2. The Morgan fingerprint density at radius 3 is 2.82 bits per heavy atom. The Morgan fingerprint density at radius 2 is 2.23 bits per heavy atom. The number of benzene rings is 1. The molecule has 0 radical (unpaired) electrons. The second kappa shape index (κ2) is 7.56. The number of aryl methyl sites for hydroxylation is 1. The highest BCUT2D eigenvalue weighted by Gasteiger charge is 2.21. The average Bonchev–Trinajstić information content (AvgIpc) is 2.85. The molecule has 0 spiro atoms. The van der Waals surface area contributed by atoms with Gasteiger partial charge in [-0.2, -0.15) is 5.10 Å². The van der Waals surface area contributed by atoms with Crippen LogP contribution in [0.25, 0.3) is 0 Å². The van der Waals surface area contributed by atoms with Crippen LogP contribution in [0.3, 0.4) is 0 Å². The third-order valence-corrected chi connectivity index (χ3v) is 3.92. The molecule has 2 aromatic rings. The summed E-state index contributed by atoms with van der Waals surface area (Å²) in [6.07, 6.45) is 4.34. The van der Waals surface area contributed by atoms with Gasteiger partial charge in [0.2, 0.25) is 5.91 Å². The number of rotatable bonds is 6. The van der Waals surface area contributed by atoms with Crippen molar-refractivity contribution < 1.29 is 4.79 Å². The van der Waals surface area contributed by atoms with Crippen molar-refractivity contribution in [1.82, 2.24) is 20.4 Å². The van der Waals surface area contributed by atoms with E-state index < -0.39 is 6.04 Å². The summed E-state index contributed by atoms with van der Waals surface area (Å²) in [5.41, 5.74) is 2.04. The predicted octanol–water partition coefficient (Wildman–Crippen LogP) is 2.19. The molecular weight excluding hydrogens is 344 g/mol. The van der Waals surface area contributed by atoms with Gasteiger partial charge in [-0.1, -0.05) is 28.1 Å². The van der Waals surface area contributed by atoms with Crippen molar-refractivity contribution in [3.8, 4) is 0 Å². The van der Waals surface area contributed by atoms with Gasteiger partial charge in [0.05, 0.1) is 6.20 Å². The lowest BCUT2D eigenvalue weighted by Gasteiger charge is -2.19. The minimum atomic E-state index is -0.390. The molecule has 0 saturated carbocycles. The summed E-state index contributed by atoms with van der Waals surface area (Å²) in [6.45, 7) is 2.01. The first kappa shape index (κ1) is 16.7. The molecule has 6 heteroatoms. The molecule has 0 bridgehead atoms. The SMILES string of the molecule is CNC(C(=O)NC(C)Cc1cccc(Br)c1)c1cnn(C)c1. The van der Waals surface area contributed by atoms with E-state index in [1.54, 1.807) is 17.9 Å². The number of halogens is 1. The Labute approximate surface area is 139 Å². The number of carbonyl (C=O) groups excluding carboxylic acids is 1. The second-order valence-electron chi connectivity index (χ2n) is 5.41. The molecule has 5 nitrogen and oxygen atoms in total. The number of likely N-dealkylation sites (N-methyl/N-ethyl adjacent to an activating group) is 1. The maximum atomic E-state index is 12.4. The van der Waals surface area contributed by atoms with Gasteiger partial charge in [0.15, 0.2) is 0 Å². The van der Waals surface area contributed by atoms with Crippen LogP contribution in [0, 0.1) is 0 Å². The van der Waals surface area contributed by atoms with Crippen LogP contribution >= 0.6 is 15.9 Å². The van der Waals surface area contributed by atoms with E-state index in [-0.39, 0.29) is 11.9 Å². The summed E-state index contributed by atoms with van der Waals surface area (Å²) in [5.74, 6) is -0.0435. The summed E-state index contributed by atoms with van der Waals surface area (Å²) in [4.78, 5) is 12.4. The van der Waals surface area contributed by atoms with E-state index >= 15 is 0 Å². The molecule has 0 fully saturated rings. The van der Waals surface area contributed by atoms with E-state index in [0.717, 1.165) is 16.5 Å². The molecule has 0 aliphatic rings. The molecule has 2 N–H and O–H groups in total. The first-order chi connectivity index (χ1) is 10.5. The van der Waals surface area contributed by atoms with Gasteiger partial charge in [-0.05, 0) is 38.1 Å². The Balaban J connectivity index is 1.97. The second-order valence-corrected chi connectivity index (χ2v) is 6.33. The summed E-state index contributed by atoms with van der Waals surface area (Å²) in [5, 5.41) is 10.2. The molecule has 0 aliphatic carbocycles. The van der Waals surface area contributed by atoms with Gasteiger partial charge < -0.3 is 10.6 Å². The van der Waals surface area contributed by atoms with Gasteiger partial charge in [-0.3, -0.25) is 9.48 Å². The van der Waals surface area contributed by atoms with Crippen molar-refractivity contribution in [2.24, 2.45) is 7.05 Å². The monoisotopic (exact) mass is 364 g/mol. The van der Waals surface area contributed by atoms with Crippen LogP contribution in [0.5, 0.6) is 0 Å². The lowest BCUT2D eigenvalue weighted by atomic mass is 10.1. The van der Waals surface area contributed by atoms with Gasteiger partial charge in [0.1, 0.15) is 6.04 Å². The topological polar surface area (TPSA) is 59.0 Å². The Hall–Kier alpha value is -1.66. The molecule has 0 aliphatic heterocycles. The molecule has 2 rings (SSSR count). The first-order valence-electron chi connectivity index (χ1n) is 7.20.